The number of hydrogen-bond acceptors (Lipinski definition) is 1. The van der Waals surface area contributed by atoms with Crippen LogP contribution in [-0.2, 0) is 6.18 Å². The van der Waals surface area contributed by atoms with Crippen LogP contribution in [0.1, 0.15) is 52.2 Å². The van der Waals surface area contributed by atoms with Crippen LogP contribution in [0, 0.1) is 5.92 Å². The number of ketones is 1. The summed E-state index contributed by atoms with van der Waals surface area (Å²) in [6, 6.07) is 5.08. The van der Waals surface area contributed by atoms with E-state index in [4.69, 9.17) is 23.2 Å². The third kappa shape index (κ3) is 6.04. The van der Waals surface area contributed by atoms with Crippen molar-refractivity contribution in [2.24, 2.45) is 5.92 Å². The zero-order valence-electron chi connectivity index (χ0n) is 16.1. The van der Waals surface area contributed by atoms with Crippen LogP contribution in [0.2, 0.25) is 10.0 Å². The van der Waals surface area contributed by atoms with Gasteiger partial charge in [0.1, 0.15) is 11.7 Å². The van der Waals surface area contributed by atoms with Crippen molar-refractivity contribution in [3.8, 4) is 0 Å². The van der Waals surface area contributed by atoms with Crippen LogP contribution >= 0.6 is 23.2 Å². The van der Waals surface area contributed by atoms with Gasteiger partial charge in [0.25, 0.3) is 0 Å². The third-order valence-electron chi connectivity index (χ3n) is 4.98. The van der Waals surface area contributed by atoms with E-state index in [1.807, 2.05) is 0 Å². The maximum Gasteiger partial charge on any atom is 0.417 e. The lowest BCUT2D eigenvalue weighted by molar-refractivity contribution is -0.140. The van der Waals surface area contributed by atoms with Crippen molar-refractivity contribution in [3.63, 3.8) is 0 Å². The first-order chi connectivity index (χ1) is 14.8. The van der Waals surface area contributed by atoms with E-state index in [9.17, 15) is 35.5 Å². The van der Waals surface area contributed by atoms with E-state index in [1.165, 1.54) is 6.07 Å². The summed E-state index contributed by atoms with van der Waals surface area (Å²) in [5, 5.41) is -0.234. The monoisotopic (exact) mass is 498 g/mol. The molecule has 0 aliphatic heterocycles. The highest BCUT2D eigenvalue weighted by Gasteiger charge is 2.41. The number of allylic oxidation sites excluding steroid dienone is 1. The number of benzene rings is 2. The van der Waals surface area contributed by atoms with Gasteiger partial charge in [-0.25, -0.2) is 4.39 Å². The van der Waals surface area contributed by atoms with Crippen LogP contribution in [0.5, 0.6) is 0 Å². The number of carbonyl (C=O) groups is 1. The Balaban J connectivity index is 2.03. The van der Waals surface area contributed by atoms with E-state index in [-0.39, 0.29) is 28.5 Å². The van der Waals surface area contributed by atoms with Crippen molar-refractivity contribution < 1.29 is 35.5 Å². The number of hydrogen-bond donors (Lipinski definition) is 0. The molecule has 0 radical (unpaired) electrons. The molecule has 1 fully saturated rings. The quantitative estimate of drug-likeness (QED) is 0.287. The maximum atomic E-state index is 14.8. The lowest BCUT2D eigenvalue weighted by Gasteiger charge is -2.19. The Hall–Kier alpha value is -2.06. The van der Waals surface area contributed by atoms with Gasteiger partial charge in [-0.3, -0.25) is 4.79 Å². The Morgan fingerprint density at radius 1 is 1.00 bits per heavy atom. The van der Waals surface area contributed by atoms with Gasteiger partial charge >= 0.3 is 12.4 Å². The van der Waals surface area contributed by atoms with Crippen molar-refractivity contribution in [1.82, 2.24) is 0 Å². The summed E-state index contributed by atoms with van der Waals surface area (Å²) in [5.74, 6) is -4.76. The molecule has 172 valence electrons. The molecule has 0 N–H and O–H groups in total. The zero-order valence-corrected chi connectivity index (χ0v) is 17.6. The molecule has 1 atom stereocenters. The Morgan fingerprint density at radius 3 is 2.09 bits per heavy atom. The Labute approximate surface area is 188 Å². The molecule has 0 heterocycles. The SMILES string of the molecule is O=C(CC1CC1)c1ccc(/C(F)=C/C(c2cc(Cl)cc(Cl)c2)C(F)(F)F)cc1C(F)(F)F. The Morgan fingerprint density at radius 2 is 1.59 bits per heavy atom. The van der Waals surface area contributed by atoms with Gasteiger partial charge in [0, 0.05) is 27.6 Å². The van der Waals surface area contributed by atoms with Crippen molar-refractivity contribution >= 4 is 34.8 Å². The van der Waals surface area contributed by atoms with E-state index in [1.54, 1.807) is 0 Å². The van der Waals surface area contributed by atoms with Gasteiger partial charge in [-0.15, -0.1) is 0 Å². The third-order valence-corrected chi connectivity index (χ3v) is 5.42. The number of alkyl halides is 6. The second kappa shape index (κ2) is 9.06. The van der Waals surface area contributed by atoms with Gasteiger partial charge in [0.15, 0.2) is 5.78 Å². The molecule has 32 heavy (non-hydrogen) atoms. The first-order valence-electron chi connectivity index (χ1n) is 9.40. The molecule has 0 saturated heterocycles. The molecule has 1 nitrogen and oxygen atoms in total. The summed E-state index contributed by atoms with van der Waals surface area (Å²) in [5.41, 5.74) is -3.23. The van der Waals surface area contributed by atoms with Crippen molar-refractivity contribution in [2.75, 3.05) is 0 Å². The first-order valence-corrected chi connectivity index (χ1v) is 10.2. The van der Waals surface area contributed by atoms with E-state index in [2.05, 4.69) is 0 Å². The largest absolute Gasteiger partial charge is 0.417 e. The van der Waals surface area contributed by atoms with Gasteiger partial charge in [0.2, 0.25) is 0 Å². The van der Waals surface area contributed by atoms with E-state index < -0.39 is 52.1 Å². The molecule has 2 aromatic rings. The van der Waals surface area contributed by atoms with Crippen molar-refractivity contribution in [1.29, 1.82) is 0 Å². The Bertz CT molecular complexity index is 1030. The van der Waals surface area contributed by atoms with Gasteiger partial charge in [-0.05, 0) is 54.7 Å². The molecule has 0 aromatic heterocycles. The number of Topliss-reactive ketones (excluding diaryl/α,β-unsaturated/α-hetero) is 1. The molecular weight excluding hydrogens is 484 g/mol. The second-order valence-electron chi connectivity index (χ2n) is 7.57. The highest BCUT2D eigenvalue weighted by atomic mass is 35.5. The second-order valence-corrected chi connectivity index (χ2v) is 8.44. The minimum Gasteiger partial charge on any atom is -0.294 e. The van der Waals surface area contributed by atoms with Crippen molar-refractivity contribution in [2.45, 2.75) is 37.5 Å². The average molecular weight is 499 g/mol. The molecule has 1 aliphatic rings. The summed E-state index contributed by atoms with van der Waals surface area (Å²) in [7, 11) is 0. The van der Waals surface area contributed by atoms with Crippen LogP contribution < -0.4 is 0 Å². The fourth-order valence-corrected chi connectivity index (χ4v) is 3.78. The van der Waals surface area contributed by atoms with Crippen LogP contribution in [0.15, 0.2) is 42.5 Å². The number of carbonyl (C=O) groups excluding carboxylic acids is 1. The minimum atomic E-state index is -4.99. The van der Waals surface area contributed by atoms with Gasteiger partial charge in [-0.1, -0.05) is 35.3 Å². The highest BCUT2D eigenvalue weighted by Crippen LogP contribution is 2.41. The summed E-state index contributed by atoms with van der Waals surface area (Å²) < 4.78 is 96.1. The summed E-state index contributed by atoms with van der Waals surface area (Å²) >= 11 is 11.5. The zero-order chi connectivity index (χ0) is 23.8. The fraction of sp³-hybridized carbons (Fsp3) is 0.318. The average Bonchev–Trinajstić information content (AvgIpc) is 3.46. The minimum absolute atomic E-state index is 0.0250. The molecule has 1 aliphatic carbocycles. The first kappa shape index (κ1) is 24.6. The van der Waals surface area contributed by atoms with E-state index >= 15 is 0 Å². The molecule has 10 heteroatoms. The van der Waals surface area contributed by atoms with Crippen LogP contribution in [0.25, 0.3) is 5.83 Å². The van der Waals surface area contributed by atoms with Crippen LogP contribution in [0.3, 0.4) is 0 Å². The number of halogens is 9. The normalized spacial score (nSPS) is 16.2. The molecule has 0 amide bonds. The van der Waals surface area contributed by atoms with Gasteiger partial charge in [-0.2, -0.15) is 26.3 Å². The summed E-state index contributed by atoms with van der Waals surface area (Å²) in [6.45, 7) is 0. The topological polar surface area (TPSA) is 17.1 Å². The van der Waals surface area contributed by atoms with E-state index in [0.29, 0.717) is 6.07 Å². The van der Waals surface area contributed by atoms with Crippen LogP contribution in [0.4, 0.5) is 30.7 Å². The fourth-order valence-electron chi connectivity index (χ4n) is 3.24. The molecule has 1 saturated carbocycles. The standard InChI is InChI=1S/C22H15Cl2F7O/c23-14-6-13(7-15(24)9-14)17(21(26,27)28)10-19(25)12-3-4-16(18(8-12)22(29,30)31)20(32)5-11-1-2-11/h3-4,6-11,17H,1-2,5H2/b19-10-. The molecule has 2 aromatic carbocycles. The van der Waals surface area contributed by atoms with E-state index in [0.717, 1.165) is 37.1 Å². The molecular formula is C22H15Cl2F7O. The summed E-state index contributed by atoms with van der Waals surface area (Å²) in [6.07, 6.45) is -8.38. The maximum absolute atomic E-state index is 14.8. The highest BCUT2D eigenvalue weighted by molar-refractivity contribution is 6.34. The molecule has 3 rings (SSSR count). The predicted octanol–water partition coefficient (Wildman–Crippen LogP) is 8.65. The lowest BCUT2D eigenvalue weighted by atomic mass is 9.94. The smallest absolute Gasteiger partial charge is 0.294 e. The molecule has 0 spiro atoms. The van der Waals surface area contributed by atoms with Gasteiger partial charge < -0.3 is 0 Å². The predicted molar refractivity (Wildman–Crippen MR) is 107 cm³/mol. The summed E-state index contributed by atoms with van der Waals surface area (Å²) in [4.78, 5) is 12.2. The lowest BCUT2D eigenvalue weighted by Crippen LogP contribution is -2.19. The van der Waals surface area contributed by atoms with Crippen LogP contribution in [-0.4, -0.2) is 12.0 Å². The molecule has 1 unspecified atom stereocenters. The van der Waals surface area contributed by atoms with Gasteiger partial charge in [0.05, 0.1) is 5.56 Å². The molecule has 0 bridgehead atoms. The van der Waals surface area contributed by atoms with Crippen molar-refractivity contribution in [3.05, 3.63) is 74.8 Å². The number of rotatable bonds is 6. The Kier molecular flexibility index (Phi) is 6.96.